The van der Waals surface area contributed by atoms with E-state index in [1.165, 1.54) is 0 Å². The average molecular weight is 289 g/mol. The minimum Gasteiger partial charge on any atom is -0.326 e. The predicted octanol–water partition coefficient (Wildman–Crippen LogP) is 2.32. The number of hydrogen-bond donors (Lipinski definition) is 1. The number of thioether (sulfide) groups is 1. The van der Waals surface area contributed by atoms with E-state index in [9.17, 15) is 4.79 Å². The highest BCUT2D eigenvalue weighted by Crippen LogP contribution is 2.16. The maximum absolute atomic E-state index is 11.9. The molecule has 1 saturated heterocycles. The lowest BCUT2D eigenvalue weighted by Crippen LogP contribution is -2.41. The number of nitrogens with one attached hydrogen (secondary N) is 1. The summed E-state index contributed by atoms with van der Waals surface area (Å²) in [5, 5.41) is 11.6. The van der Waals surface area contributed by atoms with Gasteiger partial charge in [-0.1, -0.05) is 0 Å². The van der Waals surface area contributed by atoms with Crippen molar-refractivity contribution in [1.29, 1.82) is 5.26 Å². The van der Waals surface area contributed by atoms with E-state index in [2.05, 4.69) is 23.2 Å². The van der Waals surface area contributed by atoms with E-state index < -0.39 is 0 Å². The Morgan fingerprint density at radius 2 is 2.25 bits per heavy atom. The monoisotopic (exact) mass is 289 g/mol. The zero-order valence-electron chi connectivity index (χ0n) is 11.6. The van der Waals surface area contributed by atoms with Crippen molar-refractivity contribution in [2.45, 2.75) is 19.4 Å². The topological polar surface area (TPSA) is 56.1 Å². The minimum atomic E-state index is 0.0279. The van der Waals surface area contributed by atoms with Gasteiger partial charge in [0.15, 0.2) is 0 Å². The van der Waals surface area contributed by atoms with Crippen LogP contribution in [-0.2, 0) is 4.79 Å². The number of carbonyl (C=O) groups excluding carboxylic acids is 1. The van der Waals surface area contributed by atoms with E-state index in [0.717, 1.165) is 30.3 Å². The molecule has 0 spiro atoms. The van der Waals surface area contributed by atoms with Gasteiger partial charge in [0, 0.05) is 42.7 Å². The Bertz CT molecular complexity index is 495. The van der Waals surface area contributed by atoms with Gasteiger partial charge in [-0.2, -0.15) is 17.0 Å². The molecule has 1 heterocycles. The standard InChI is InChI=1S/C15H19N3OS/c1-12-11-20-9-8-18(12)7-6-15(19)17-14-4-2-13(10-16)3-5-14/h2-5,12H,6-9,11H2,1H3,(H,17,19). The van der Waals surface area contributed by atoms with E-state index in [-0.39, 0.29) is 5.91 Å². The van der Waals surface area contributed by atoms with Crippen molar-refractivity contribution in [2.24, 2.45) is 0 Å². The second kappa shape index (κ2) is 7.32. The van der Waals surface area contributed by atoms with Crippen molar-refractivity contribution < 1.29 is 4.79 Å². The second-order valence-electron chi connectivity index (χ2n) is 4.95. The average Bonchev–Trinajstić information content (AvgIpc) is 2.47. The molecular formula is C15H19N3OS. The summed E-state index contributed by atoms with van der Waals surface area (Å²) < 4.78 is 0. The Morgan fingerprint density at radius 3 is 2.90 bits per heavy atom. The molecular weight excluding hydrogens is 270 g/mol. The van der Waals surface area contributed by atoms with E-state index in [1.54, 1.807) is 24.3 Å². The lowest BCUT2D eigenvalue weighted by molar-refractivity contribution is -0.116. The summed E-state index contributed by atoms with van der Waals surface area (Å²) in [6.07, 6.45) is 0.509. The SMILES string of the molecule is CC1CSCCN1CCC(=O)Nc1ccc(C#N)cc1. The highest BCUT2D eigenvalue weighted by molar-refractivity contribution is 7.99. The summed E-state index contributed by atoms with van der Waals surface area (Å²) in [7, 11) is 0. The van der Waals surface area contributed by atoms with Crippen LogP contribution in [0.3, 0.4) is 0 Å². The molecule has 1 N–H and O–H groups in total. The Labute approximate surface area is 124 Å². The molecule has 1 fully saturated rings. The van der Waals surface area contributed by atoms with Gasteiger partial charge in [0.2, 0.25) is 5.91 Å². The van der Waals surface area contributed by atoms with Crippen molar-refractivity contribution in [3.05, 3.63) is 29.8 Å². The van der Waals surface area contributed by atoms with Gasteiger partial charge in [-0.05, 0) is 31.2 Å². The van der Waals surface area contributed by atoms with Gasteiger partial charge in [0.1, 0.15) is 0 Å². The van der Waals surface area contributed by atoms with Crippen LogP contribution in [0.5, 0.6) is 0 Å². The maximum atomic E-state index is 11.9. The molecule has 0 radical (unpaired) electrons. The lowest BCUT2D eigenvalue weighted by atomic mass is 10.2. The predicted molar refractivity (Wildman–Crippen MR) is 82.8 cm³/mol. The van der Waals surface area contributed by atoms with Crippen LogP contribution >= 0.6 is 11.8 Å². The van der Waals surface area contributed by atoms with Gasteiger partial charge in [0.25, 0.3) is 0 Å². The zero-order chi connectivity index (χ0) is 14.4. The van der Waals surface area contributed by atoms with Gasteiger partial charge in [0.05, 0.1) is 11.6 Å². The Kier molecular flexibility index (Phi) is 5.45. The van der Waals surface area contributed by atoms with Gasteiger partial charge < -0.3 is 5.32 Å². The molecule has 1 unspecified atom stereocenters. The van der Waals surface area contributed by atoms with E-state index >= 15 is 0 Å². The van der Waals surface area contributed by atoms with Crippen molar-refractivity contribution >= 4 is 23.4 Å². The molecule has 1 aliphatic heterocycles. The van der Waals surface area contributed by atoms with Gasteiger partial charge >= 0.3 is 0 Å². The van der Waals surface area contributed by atoms with Gasteiger partial charge in [-0.15, -0.1) is 0 Å². The fourth-order valence-electron chi connectivity index (χ4n) is 2.19. The molecule has 4 nitrogen and oxygen atoms in total. The molecule has 0 aliphatic carbocycles. The minimum absolute atomic E-state index is 0.0279. The maximum Gasteiger partial charge on any atom is 0.225 e. The van der Waals surface area contributed by atoms with Crippen molar-refractivity contribution in [1.82, 2.24) is 4.90 Å². The van der Waals surface area contributed by atoms with E-state index in [1.807, 2.05) is 11.8 Å². The zero-order valence-corrected chi connectivity index (χ0v) is 12.4. The molecule has 2 rings (SSSR count). The summed E-state index contributed by atoms with van der Waals surface area (Å²) in [4.78, 5) is 14.3. The Hall–Kier alpha value is -1.51. The highest BCUT2D eigenvalue weighted by Gasteiger charge is 2.18. The second-order valence-corrected chi connectivity index (χ2v) is 6.10. The van der Waals surface area contributed by atoms with Crippen LogP contribution in [-0.4, -0.2) is 41.4 Å². The number of rotatable bonds is 4. The molecule has 5 heteroatoms. The van der Waals surface area contributed by atoms with Crippen LogP contribution in [0.25, 0.3) is 0 Å². The number of nitriles is 1. The van der Waals surface area contributed by atoms with Crippen molar-refractivity contribution in [2.75, 3.05) is 29.9 Å². The molecule has 1 aromatic rings. The number of anilines is 1. The number of amides is 1. The van der Waals surface area contributed by atoms with Crippen LogP contribution < -0.4 is 5.32 Å². The molecule has 20 heavy (non-hydrogen) atoms. The molecule has 106 valence electrons. The fraction of sp³-hybridized carbons (Fsp3) is 0.467. The quantitative estimate of drug-likeness (QED) is 0.924. The first-order valence-corrected chi connectivity index (χ1v) is 7.96. The molecule has 1 amide bonds. The summed E-state index contributed by atoms with van der Waals surface area (Å²) in [6.45, 7) is 4.09. The van der Waals surface area contributed by atoms with Crippen LogP contribution in [0, 0.1) is 11.3 Å². The lowest BCUT2D eigenvalue weighted by Gasteiger charge is -2.32. The smallest absolute Gasteiger partial charge is 0.225 e. The van der Waals surface area contributed by atoms with Crippen molar-refractivity contribution in [3.8, 4) is 6.07 Å². The first-order valence-electron chi connectivity index (χ1n) is 6.81. The van der Waals surface area contributed by atoms with E-state index in [4.69, 9.17) is 5.26 Å². The number of hydrogen-bond acceptors (Lipinski definition) is 4. The number of nitrogens with zero attached hydrogens (tertiary/aromatic N) is 2. The summed E-state index contributed by atoms with van der Waals surface area (Å²) in [5.74, 6) is 2.33. The van der Waals surface area contributed by atoms with Crippen LogP contribution in [0.1, 0.15) is 18.9 Å². The molecule has 0 saturated carbocycles. The summed E-state index contributed by atoms with van der Waals surface area (Å²) in [6, 6.07) is 9.55. The Morgan fingerprint density at radius 1 is 1.50 bits per heavy atom. The summed E-state index contributed by atoms with van der Waals surface area (Å²) in [5.41, 5.74) is 1.35. The Balaban J connectivity index is 1.78. The molecule has 1 aliphatic rings. The normalized spacial score (nSPS) is 19.3. The van der Waals surface area contributed by atoms with Crippen molar-refractivity contribution in [3.63, 3.8) is 0 Å². The molecule has 0 aromatic heterocycles. The van der Waals surface area contributed by atoms with Gasteiger partial charge in [-0.3, -0.25) is 9.69 Å². The highest BCUT2D eigenvalue weighted by atomic mass is 32.2. The third kappa shape index (κ3) is 4.26. The molecule has 0 bridgehead atoms. The van der Waals surface area contributed by atoms with Crippen LogP contribution in [0.4, 0.5) is 5.69 Å². The third-order valence-electron chi connectivity index (χ3n) is 3.43. The molecule has 1 atom stereocenters. The first-order chi connectivity index (χ1) is 9.69. The van der Waals surface area contributed by atoms with Crippen LogP contribution in [0.2, 0.25) is 0 Å². The fourth-order valence-corrected chi connectivity index (χ4v) is 3.27. The largest absolute Gasteiger partial charge is 0.326 e. The van der Waals surface area contributed by atoms with E-state index in [0.29, 0.717) is 18.0 Å². The molecule has 1 aromatic carbocycles. The number of benzene rings is 1. The first kappa shape index (κ1) is 14.9. The third-order valence-corrected chi connectivity index (χ3v) is 4.62. The van der Waals surface area contributed by atoms with Gasteiger partial charge in [-0.25, -0.2) is 0 Å². The summed E-state index contributed by atoms with van der Waals surface area (Å²) >= 11 is 1.98. The number of carbonyl (C=O) groups is 1. The van der Waals surface area contributed by atoms with Crippen LogP contribution in [0.15, 0.2) is 24.3 Å².